The first-order valence-corrected chi connectivity index (χ1v) is 9.63. The van der Waals surface area contributed by atoms with Gasteiger partial charge in [0.15, 0.2) is 5.65 Å². The van der Waals surface area contributed by atoms with Crippen molar-refractivity contribution < 1.29 is 4.79 Å². The summed E-state index contributed by atoms with van der Waals surface area (Å²) in [5.41, 5.74) is 7.76. The van der Waals surface area contributed by atoms with Gasteiger partial charge in [-0.1, -0.05) is 13.8 Å². The zero-order valence-electron chi connectivity index (χ0n) is 16.9. The lowest BCUT2D eigenvalue weighted by Crippen LogP contribution is -2.27. The molecule has 152 valence electrons. The Labute approximate surface area is 169 Å². The fourth-order valence-electron chi connectivity index (χ4n) is 2.94. The topological polar surface area (TPSA) is 115 Å². The average Bonchev–Trinajstić information content (AvgIpc) is 2.70. The van der Waals surface area contributed by atoms with Crippen LogP contribution in [0, 0.1) is 12.8 Å². The van der Waals surface area contributed by atoms with Gasteiger partial charge in [0.05, 0.1) is 11.4 Å². The minimum absolute atomic E-state index is 0.137. The number of carbonyl (C=O) groups is 1. The number of nitrogens with one attached hydrogen (secondary N) is 2. The van der Waals surface area contributed by atoms with Crippen molar-refractivity contribution in [2.75, 3.05) is 25.0 Å². The number of fused-ring (bicyclic) bond motifs is 1. The Hall–Kier alpha value is -3.26. The Bertz CT molecular complexity index is 1070. The van der Waals surface area contributed by atoms with Crippen molar-refractivity contribution >= 4 is 22.9 Å². The lowest BCUT2D eigenvalue weighted by molar-refractivity contribution is 0.0949. The molecule has 1 aromatic carbocycles. The maximum absolute atomic E-state index is 12.6. The molecule has 0 atom stereocenters. The van der Waals surface area contributed by atoms with Crippen LogP contribution in [0.2, 0.25) is 0 Å². The molecule has 0 spiro atoms. The molecule has 0 radical (unpaired) electrons. The zero-order chi connectivity index (χ0) is 21.0. The van der Waals surface area contributed by atoms with Gasteiger partial charge in [0.2, 0.25) is 5.95 Å². The van der Waals surface area contributed by atoms with Gasteiger partial charge >= 0.3 is 0 Å². The third kappa shape index (κ3) is 4.60. The van der Waals surface area contributed by atoms with E-state index in [4.69, 9.17) is 5.73 Å². The highest BCUT2D eigenvalue weighted by molar-refractivity contribution is 5.94. The molecule has 1 amide bonds. The summed E-state index contributed by atoms with van der Waals surface area (Å²) in [5.74, 6) is 0.656. The minimum atomic E-state index is -0.211. The van der Waals surface area contributed by atoms with E-state index in [0.29, 0.717) is 48.4 Å². The quantitative estimate of drug-likeness (QED) is 0.563. The molecule has 0 aliphatic carbocycles. The van der Waals surface area contributed by atoms with Crippen molar-refractivity contribution in [1.29, 1.82) is 0 Å². The Balaban J connectivity index is 2.02. The van der Waals surface area contributed by atoms with Gasteiger partial charge in [-0.05, 0) is 43.2 Å². The molecule has 0 aliphatic rings. The van der Waals surface area contributed by atoms with Gasteiger partial charge in [0, 0.05) is 36.7 Å². The number of nitrogens with zero attached hydrogens (tertiary/aromatic N) is 3. The molecular formula is C21H26N6O2. The summed E-state index contributed by atoms with van der Waals surface area (Å²) < 4.78 is 1.52. The van der Waals surface area contributed by atoms with Crippen LogP contribution in [0.5, 0.6) is 0 Å². The molecule has 0 saturated carbocycles. The molecule has 0 unspecified atom stereocenters. The van der Waals surface area contributed by atoms with E-state index in [1.165, 1.54) is 10.6 Å². The smallest absolute Gasteiger partial charge is 0.256 e. The van der Waals surface area contributed by atoms with Crippen LogP contribution in [0.3, 0.4) is 0 Å². The minimum Gasteiger partial charge on any atom is -0.353 e. The van der Waals surface area contributed by atoms with Crippen LogP contribution >= 0.6 is 0 Å². The van der Waals surface area contributed by atoms with E-state index >= 15 is 0 Å². The SMILES string of the molecule is Cc1nc(NCCN)nc2c1ccc(=O)n2-c1ccc(C(=O)NCC(C)C)cc1. The molecule has 3 aromatic rings. The van der Waals surface area contributed by atoms with Crippen LogP contribution in [-0.4, -0.2) is 40.1 Å². The van der Waals surface area contributed by atoms with E-state index in [1.54, 1.807) is 30.3 Å². The van der Waals surface area contributed by atoms with Crippen LogP contribution in [0.15, 0.2) is 41.2 Å². The van der Waals surface area contributed by atoms with Gasteiger partial charge in [0.1, 0.15) is 0 Å². The third-order valence-corrected chi connectivity index (χ3v) is 4.43. The second kappa shape index (κ2) is 8.83. The Kier molecular flexibility index (Phi) is 6.23. The number of carbonyl (C=O) groups excluding carboxylic acids is 1. The summed E-state index contributed by atoms with van der Waals surface area (Å²) in [6, 6.07) is 10.1. The largest absolute Gasteiger partial charge is 0.353 e. The Morgan fingerprint density at radius 2 is 1.86 bits per heavy atom. The fourth-order valence-corrected chi connectivity index (χ4v) is 2.94. The lowest BCUT2D eigenvalue weighted by atomic mass is 10.1. The van der Waals surface area contributed by atoms with Crippen LogP contribution in [0.4, 0.5) is 5.95 Å². The van der Waals surface area contributed by atoms with Crippen LogP contribution in [0.1, 0.15) is 29.9 Å². The van der Waals surface area contributed by atoms with E-state index in [-0.39, 0.29) is 11.5 Å². The molecule has 8 nitrogen and oxygen atoms in total. The van der Waals surface area contributed by atoms with Gasteiger partial charge < -0.3 is 16.4 Å². The van der Waals surface area contributed by atoms with Gasteiger partial charge in [-0.2, -0.15) is 4.98 Å². The van der Waals surface area contributed by atoms with Crippen molar-refractivity contribution in [2.45, 2.75) is 20.8 Å². The maximum Gasteiger partial charge on any atom is 0.256 e. The van der Waals surface area contributed by atoms with E-state index in [9.17, 15) is 9.59 Å². The van der Waals surface area contributed by atoms with Crippen molar-refractivity contribution in [3.8, 4) is 5.69 Å². The first-order valence-electron chi connectivity index (χ1n) is 9.63. The predicted molar refractivity (Wildman–Crippen MR) is 115 cm³/mol. The Morgan fingerprint density at radius 3 is 2.52 bits per heavy atom. The highest BCUT2D eigenvalue weighted by atomic mass is 16.1. The summed E-state index contributed by atoms with van der Waals surface area (Å²) in [6.07, 6.45) is 0. The number of nitrogens with two attached hydrogens (primary N) is 1. The summed E-state index contributed by atoms with van der Waals surface area (Å²) in [7, 11) is 0. The summed E-state index contributed by atoms with van der Waals surface area (Å²) >= 11 is 0. The summed E-state index contributed by atoms with van der Waals surface area (Å²) in [6.45, 7) is 7.53. The number of anilines is 1. The number of hydrogen-bond acceptors (Lipinski definition) is 6. The van der Waals surface area contributed by atoms with Crippen LogP contribution in [-0.2, 0) is 0 Å². The first kappa shape index (κ1) is 20.5. The highest BCUT2D eigenvalue weighted by Gasteiger charge is 2.13. The fraction of sp³-hybridized carbons (Fsp3) is 0.333. The summed E-state index contributed by atoms with van der Waals surface area (Å²) in [4.78, 5) is 33.8. The second-order valence-corrected chi connectivity index (χ2v) is 7.24. The molecule has 3 rings (SSSR count). The Morgan fingerprint density at radius 1 is 1.14 bits per heavy atom. The van der Waals surface area contributed by atoms with E-state index < -0.39 is 0 Å². The average molecular weight is 394 g/mol. The number of benzene rings is 1. The number of aromatic nitrogens is 3. The van der Waals surface area contributed by atoms with Crippen LogP contribution in [0.25, 0.3) is 16.7 Å². The van der Waals surface area contributed by atoms with Crippen molar-refractivity contribution in [3.05, 3.63) is 58.0 Å². The van der Waals surface area contributed by atoms with Gasteiger partial charge in [-0.25, -0.2) is 4.98 Å². The first-order chi connectivity index (χ1) is 13.9. The standard InChI is InChI=1S/C21H26N6O2/c1-13(2)12-24-20(29)15-4-6-16(7-5-15)27-18(28)9-8-17-14(3)25-21(23-11-10-22)26-19(17)27/h4-9,13H,10-12,22H2,1-3H3,(H,24,29)(H,23,25,26). The number of hydrogen-bond donors (Lipinski definition) is 3. The van der Waals surface area contributed by atoms with E-state index in [0.717, 1.165) is 11.1 Å². The summed E-state index contributed by atoms with van der Waals surface area (Å²) in [5, 5.41) is 6.72. The monoisotopic (exact) mass is 394 g/mol. The van der Waals surface area contributed by atoms with Crippen LogP contribution < -0.4 is 21.9 Å². The molecule has 0 bridgehead atoms. The molecule has 29 heavy (non-hydrogen) atoms. The zero-order valence-corrected chi connectivity index (χ0v) is 16.9. The molecule has 4 N–H and O–H groups in total. The third-order valence-electron chi connectivity index (χ3n) is 4.43. The lowest BCUT2D eigenvalue weighted by Gasteiger charge is -2.13. The molecule has 0 aliphatic heterocycles. The van der Waals surface area contributed by atoms with Crippen molar-refractivity contribution in [2.24, 2.45) is 11.7 Å². The normalized spacial score (nSPS) is 11.1. The molecule has 2 heterocycles. The molecule has 8 heteroatoms. The number of amides is 1. The molecule has 0 saturated heterocycles. The predicted octanol–water partition coefficient (Wildman–Crippen LogP) is 1.85. The second-order valence-electron chi connectivity index (χ2n) is 7.24. The molecular weight excluding hydrogens is 368 g/mol. The van der Waals surface area contributed by atoms with E-state index in [1.807, 2.05) is 20.8 Å². The van der Waals surface area contributed by atoms with Gasteiger partial charge in [0.25, 0.3) is 11.5 Å². The molecule has 2 aromatic heterocycles. The number of aryl methyl sites for hydroxylation is 1. The van der Waals surface area contributed by atoms with Crippen molar-refractivity contribution in [1.82, 2.24) is 19.9 Å². The van der Waals surface area contributed by atoms with Gasteiger partial charge in [-0.15, -0.1) is 0 Å². The maximum atomic E-state index is 12.6. The molecule has 0 fully saturated rings. The highest BCUT2D eigenvalue weighted by Crippen LogP contribution is 2.19. The van der Waals surface area contributed by atoms with E-state index in [2.05, 4.69) is 20.6 Å². The number of pyridine rings is 1. The van der Waals surface area contributed by atoms with Crippen molar-refractivity contribution in [3.63, 3.8) is 0 Å². The van der Waals surface area contributed by atoms with Gasteiger partial charge in [-0.3, -0.25) is 14.2 Å². The number of rotatable bonds is 7.